The fourth-order valence-electron chi connectivity index (χ4n) is 2.08. The molecular formula is C19H27N3O3S. The molecule has 1 fully saturated rings. The number of amides is 1. The quantitative estimate of drug-likeness (QED) is 0.485. The van der Waals surface area contributed by atoms with Crippen molar-refractivity contribution < 1.29 is 14.3 Å². The van der Waals surface area contributed by atoms with Gasteiger partial charge in [0.15, 0.2) is 0 Å². The fraction of sp³-hybridized carbons (Fsp3) is 0.579. The van der Waals surface area contributed by atoms with Crippen molar-refractivity contribution in [1.82, 2.24) is 15.2 Å². The van der Waals surface area contributed by atoms with Gasteiger partial charge in [0.2, 0.25) is 0 Å². The number of thiazole rings is 1. The summed E-state index contributed by atoms with van der Waals surface area (Å²) in [5.74, 6) is 7.04. The van der Waals surface area contributed by atoms with E-state index in [9.17, 15) is 4.79 Å². The van der Waals surface area contributed by atoms with Crippen molar-refractivity contribution in [1.29, 1.82) is 0 Å². The Kier molecular flexibility index (Phi) is 7.06. The SMILES string of the molecule is CC(C)C#CCCNC(=O)c1cnc(OC=C2CN(C(C)(C)C)CO2)s1. The van der Waals surface area contributed by atoms with E-state index in [-0.39, 0.29) is 11.4 Å². The molecule has 0 radical (unpaired) electrons. The van der Waals surface area contributed by atoms with Gasteiger partial charge in [-0.2, -0.15) is 0 Å². The van der Waals surface area contributed by atoms with Crippen LogP contribution < -0.4 is 10.1 Å². The first-order chi connectivity index (χ1) is 12.3. The summed E-state index contributed by atoms with van der Waals surface area (Å²) in [4.78, 5) is 18.9. The standard InChI is InChI=1S/C19H27N3O3S/c1-14(2)8-6-7-9-20-17(23)16-10-21-18(26-16)24-12-15-11-22(13-25-15)19(3,4)5/h10,12,14H,7,9,11,13H2,1-5H3,(H,20,23). The van der Waals surface area contributed by atoms with E-state index >= 15 is 0 Å². The van der Waals surface area contributed by atoms with Gasteiger partial charge in [0, 0.05) is 24.4 Å². The summed E-state index contributed by atoms with van der Waals surface area (Å²) in [5, 5.41) is 3.25. The molecule has 0 aromatic carbocycles. The first-order valence-corrected chi connectivity index (χ1v) is 9.53. The minimum Gasteiger partial charge on any atom is -0.478 e. The van der Waals surface area contributed by atoms with E-state index in [0.29, 0.717) is 42.2 Å². The van der Waals surface area contributed by atoms with E-state index < -0.39 is 0 Å². The Labute approximate surface area is 159 Å². The summed E-state index contributed by atoms with van der Waals surface area (Å²) in [6.07, 6.45) is 3.72. The first kappa shape index (κ1) is 20.3. The van der Waals surface area contributed by atoms with Gasteiger partial charge in [-0.1, -0.05) is 25.2 Å². The smallest absolute Gasteiger partial charge is 0.278 e. The van der Waals surface area contributed by atoms with Gasteiger partial charge in [0.05, 0.1) is 12.7 Å². The third-order valence-electron chi connectivity index (χ3n) is 3.63. The second kappa shape index (κ2) is 9.06. The molecule has 1 aromatic heterocycles. The molecular weight excluding hydrogens is 350 g/mol. The Morgan fingerprint density at radius 2 is 2.31 bits per heavy atom. The third-order valence-corrected chi connectivity index (χ3v) is 4.51. The van der Waals surface area contributed by atoms with E-state index in [1.165, 1.54) is 17.5 Å². The van der Waals surface area contributed by atoms with Crippen molar-refractivity contribution >= 4 is 17.2 Å². The van der Waals surface area contributed by atoms with Crippen LogP contribution in [0.3, 0.4) is 0 Å². The predicted molar refractivity (Wildman–Crippen MR) is 103 cm³/mol. The lowest BCUT2D eigenvalue weighted by Gasteiger charge is -2.28. The molecule has 0 atom stereocenters. The topological polar surface area (TPSA) is 63.7 Å². The molecule has 142 valence electrons. The highest BCUT2D eigenvalue weighted by Gasteiger charge is 2.28. The predicted octanol–water partition coefficient (Wildman–Crippen LogP) is 3.23. The van der Waals surface area contributed by atoms with Gasteiger partial charge in [-0.3, -0.25) is 9.69 Å². The molecule has 1 aliphatic rings. The normalized spacial score (nSPS) is 16.3. The number of aromatic nitrogens is 1. The molecule has 0 bridgehead atoms. The number of nitrogens with one attached hydrogen (secondary N) is 1. The van der Waals surface area contributed by atoms with Gasteiger partial charge in [0.1, 0.15) is 23.6 Å². The summed E-state index contributed by atoms with van der Waals surface area (Å²) in [6.45, 7) is 12.3. The molecule has 1 aliphatic heterocycles. The van der Waals surface area contributed by atoms with Crippen LogP contribution in [0.2, 0.25) is 0 Å². The molecule has 7 heteroatoms. The maximum atomic E-state index is 12.1. The Morgan fingerprint density at radius 3 is 2.96 bits per heavy atom. The van der Waals surface area contributed by atoms with Gasteiger partial charge in [0.25, 0.3) is 11.1 Å². The zero-order valence-corrected chi connectivity index (χ0v) is 16.9. The number of hydrogen-bond donors (Lipinski definition) is 1. The second-order valence-electron chi connectivity index (χ2n) is 7.32. The van der Waals surface area contributed by atoms with Crippen LogP contribution in [0.5, 0.6) is 5.19 Å². The monoisotopic (exact) mass is 377 g/mol. The fourth-order valence-corrected chi connectivity index (χ4v) is 2.74. The van der Waals surface area contributed by atoms with Crippen molar-refractivity contribution in [3.05, 3.63) is 23.1 Å². The lowest BCUT2D eigenvalue weighted by Crippen LogP contribution is -2.39. The van der Waals surface area contributed by atoms with Crippen LogP contribution in [0, 0.1) is 17.8 Å². The first-order valence-electron chi connectivity index (χ1n) is 8.71. The average Bonchev–Trinajstić information content (AvgIpc) is 3.21. The lowest BCUT2D eigenvalue weighted by atomic mass is 10.1. The van der Waals surface area contributed by atoms with Gasteiger partial charge < -0.3 is 14.8 Å². The van der Waals surface area contributed by atoms with Crippen LogP contribution in [0.1, 0.15) is 50.7 Å². The molecule has 1 N–H and O–H groups in total. The van der Waals surface area contributed by atoms with Crippen LogP contribution in [-0.2, 0) is 4.74 Å². The molecule has 2 heterocycles. The number of rotatable bonds is 5. The van der Waals surface area contributed by atoms with Gasteiger partial charge in [-0.25, -0.2) is 4.98 Å². The van der Waals surface area contributed by atoms with Crippen molar-refractivity contribution in [3.63, 3.8) is 0 Å². The molecule has 0 saturated carbocycles. The summed E-state index contributed by atoms with van der Waals surface area (Å²) in [6, 6.07) is 0. The van der Waals surface area contributed by atoms with Crippen LogP contribution in [-0.4, -0.2) is 41.2 Å². The molecule has 0 spiro atoms. The zero-order chi connectivity index (χ0) is 19.2. The van der Waals surface area contributed by atoms with E-state index in [4.69, 9.17) is 9.47 Å². The molecule has 0 aliphatic carbocycles. The molecule has 6 nitrogen and oxygen atoms in total. The summed E-state index contributed by atoms with van der Waals surface area (Å²) in [5.41, 5.74) is 0.0432. The van der Waals surface area contributed by atoms with Crippen molar-refractivity contribution in [2.45, 2.75) is 46.6 Å². The summed E-state index contributed by atoms with van der Waals surface area (Å²) in [7, 11) is 0. The molecule has 1 aromatic rings. The van der Waals surface area contributed by atoms with Crippen LogP contribution in [0.4, 0.5) is 0 Å². The van der Waals surface area contributed by atoms with E-state index in [1.807, 2.05) is 13.8 Å². The van der Waals surface area contributed by atoms with Crippen molar-refractivity contribution in [3.8, 4) is 17.0 Å². The van der Waals surface area contributed by atoms with Crippen molar-refractivity contribution in [2.24, 2.45) is 5.92 Å². The number of nitrogens with zero attached hydrogens (tertiary/aromatic N) is 2. The molecule has 0 unspecified atom stereocenters. The summed E-state index contributed by atoms with van der Waals surface area (Å²) >= 11 is 1.20. The number of hydrogen-bond acceptors (Lipinski definition) is 6. The second-order valence-corrected chi connectivity index (χ2v) is 8.31. The lowest BCUT2D eigenvalue weighted by molar-refractivity contribution is 0.0943. The van der Waals surface area contributed by atoms with Crippen molar-refractivity contribution in [2.75, 3.05) is 19.8 Å². The van der Waals surface area contributed by atoms with E-state index in [1.54, 1.807) is 6.26 Å². The van der Waals surface area contributed by atoms with Gasteiger partial charge in [-0.05, 0) is 20.8 Å². The Bertz CT molecular complexity index is 708. The maximum absolute atomic E-state index is 12.1. The number of carbonyl (C=O) groups is 1. The molecule has 1 saturated heterocycles. The van der Waals surface area contributed by atoms with Gasteiger partial charge in [-0.15, -0.1) is 11.8 Å². The molecule has 26 heavy (non-hydrogen) atoms. The van der Waals surface area contributed by atoms with Crippen LogP contribution in [0.25, 0.3) is 0 Å². The highest BCUT2D eigenvalue weighted by Crippen LogP contribution is 2.24. The zero-order valence-electron chi connectivity index (χ0n) is 16.1. The number of ether oxygens (including phenoxy) is 2. The minimum atomic E-state index is -0.160. The number of carbonyl (C=O) groups excluding carboxylic acids is 1. The van der Waals surface area contributed by atoms with E-state index in [0.717, 1.165) is 5.76 Å². The Balaban J connectivity index is 1.80. The largest absolute Gasteiger partial charge is 0.478 e. The maximum Gasteiger partial charge on any atom is 0.278 e. The van der Waals surface area contributed by atoms with Crippen LogP contribution in [0.15, 0.2) is 18.2 Å². The molecule has 2 rings (SSSR count). The average molecular weight is 378 g/mol. The molecule has 1 amide bonds. The Hall–Kier alpha value is -2.04. The van der Waals surface area contributed by atoms with Crippen LogP contribution >= 0.6 is 11.3 Å². The Morgan fingerprint density at radius 1 is 1.54 bits per heavy atom. The third kappa shape index (κ3) is 6.36. The van der Waals surface area contributed by atoms with Gasteiger partial charge >= 0.3 is 0 Å². The van der Waals surface area contributed by atoms with E-state index in [2.05, 4.69) is 47.8 Å². The highest BCUT2D eigenvalue weighted by atomic mass is 32.1. The summed E-state index contributed by atoms with van der Waals surface area (Å²) < 4.78 is 11.2. The highest BCUT2D eigenvalue weighted by molar-refractivity contribution is 7.15. The minimum absolute atomic E-state index is 0.0432.